The summed E-state index contributed by atoms with van der Waals surface area (Å²) >= 11 is 0. The van der Waals surface area contributed by atoms with Gasteiger partial charge in [0.15, 0.2) is 50.3 Å². The van der Waals surface area contributed by atoms with E-state index >= 15 is 0 Å². The number of aliphatic hydroxyl groups excluding tert-OH is 23. The fourth-order valence-corrected chi connectivity index (χ4v) is 12.0. The fraction of sp³-hybridized carbons (Fsp3) is 1.00. The summed E-state index contributed by atoms with van der Waals surface area (Å²) in [5.74, 6) is 0. The van der Waals surface area contributed by atoms with Crippen LogP contribution in [-0.2, 0) is 75.8 Å². The van der Waals surface area contributed by atoms with Gasteiger partial charge in [0.05, 0.1) is 58.9 Å². The van der Waals surface area contributed by atoms with Crippen LogP contribution in [0.2, 0.25) is 0 Å². The Morgan fingerprint density at radius 3 is 0.449 bits per heavy atom. The topological polar surface area (TPSA) is 670 Å². The molecule has 41 heteroatoms. The smallest absolute Gasteiger partial charge is 0.187 e. The Labute approximate surface area is 502 Å². The van der Waals surface area contributed by atoms with E-state index < -0.39 is 298 Å². The Bertz CT molecular complexity index is 1710. The molecule has 30 rings (SSSR count). The highest BCUT2D eigenvalue weighted by Crippen LogP contribution is 2.39. The Hall–Kier alpha value is -1.64. The molecular weight excluding hydrogens is 1230 g/mol. The minimum absolute atomic E-state index is 0. The third kappa shape index (κ3) is 14.4. The molecule has 30 saturated heterocycles. The molecule has 30 aliphatic rings. The van der Waals surface area contributed by atoms with Crippen molar-refractivity contribution in [1.82, 2.24) is 0 Å². The zero-order valence-corrected chi connectivity index (χ0v) is 46.6. The van der Waals surface area contributed by atoms with Crippen LogP contribution in [0.25, 0.3) is 0 Å². The van der Waals surface area contributed by atoms with Gasteiger partial charge in [-0.1, -0.05) is 0 Å². The molecule has 24 unspecified atom stereocenters. The lowest BCUT2D eigenvalue weighted by molar-refractivity contribution is -0.402. The molecule has 27 N–H and O–H groups in total. The van der Waals surface area contributed by atoms with E-state index in [1.54, 1.807) is 0 Å². The van der Waals surface area contributed by atoms with Crippen molar-refractivity contribution < 1.29 is 199 Å². The van der Waals surface area contributed by atoms with E-state index in [1.807, 2.05) is 0 Å². The minimum atomic E-state index is -2.24. The quantitative estimate of drug-likeness (QED) is 0.107. The summed E-state index contributed by atoms with van der Waals surface area (Å²) in [5, 5.41) is 254. The lowest BCUT2D eigenvalue weighted by Gasteiger charge is -2.50. The van der Waals surface area contributed by atoms with E-state index in [4.69, 9.17) is 81.5 Å². The Balaban J connectivity index is 0.0000102. The zero-order valence-electron chi connectivity index (χ0n) is 46.6. The molecular formula is C48H83NO40. The molecule has 30 fully saturated rings. The summed E-state index contributed by atoms with van der Waals surface area (Å²) in [4.78, 5) is 0. The highest BCUT2D eigenvalue weighted by Gasteiger charge is 2.60. The second kappa shape index (κ2) is 31.0. The maximum Gasteiger partial charge on any atom is 0.187 e. The molecule has 0 aliphatic carbocycles. The third-order valence-electron chi connectivity index (χ3n) is 17.0. The zero-order chi connectivity index (χ0) is 64.1. The molecule has 40 atom stereocenters. The first kappa shape index (κ1) is 73.2. The summed E-state index contributed by atoms with van der Waals surface area (Å²) < 4.78 is 91.6. The first-order valence-corrected chi connectivity index (χ1v) is 28.2. The Morgan fingerprint density at radius 1 is 0.180 bits per heavy atom. The molecule has 520 valence electrons. The summed E-state index contributed by atoms with van der Waals surface area (Å²) in [7, 11) is 0. The fourth-order valence-electron chi connectivity index (χ4n) is 12.0. The summed E-state index contributed by atoms with van der Waals surface area (Å²) in [5.41, 5.74) is 6.37. The van der Waals surface area contributed by atoms with Crippen molar-refractivity contribution in [3.8, 4) is 0 Å². The molecule has 0 spiro atoms. The molecule has 16 bridgehead atoms. The molecule has 30 heterocycles. The van der Waals surface area contributed by atoms with Gasteiger partial charge in [0.25, 0.3) is 0 Å². The molecule has 0 saturated carbocycles. The number of hydrogen-bond acceptors (Lipinski definition) is 40. The van der Waals surface area contributed by atoms with Gasteiger partial charge in [0.1, 0.15) is 189 Å². The molecule has 41 nitrogen and oxygen atoms in total. The lowest BCUT2D eigenvalue weighted by Crippen LogP contribution is -2.69. The first-order chi connectivity index (χ1) is 41.9. The third-order valence-corrected chi connectivity index (χ3v) is 17.0. The van der Waals surface area contributed by atoms with Crippen molar-refractivity contribution in [3.63, 3.8) is 0 Å². The average Bonchev–Trinajstić information content (AvgIpc) is 0.979. The van der Waals surface area contributed by atoms with E-state index in [1.165, 1.54) is 0 Å². The maximum absolute atomic E-state index is 11.4. The normalized spacial score (nSPS) is 54.7. The van der Waals surface area contributed by atoms with Gasteiger partial charge in [-0.05, 0) is 0 Å². The molecule has 0 radical (unpaired) electrons. The Morgan fingerprint density at radius 2 is 0.303 bits per heavy atom. The summed E-state index contributed by atoms with van der Waals surface area (Å²) in [6, 6.07) is -1.71. The van der Waals surface area contributed by atoms with E-state index in [9.17, 15) is 117 Å². The van der Waals surface area contributed by atoms with Crippen molar-refractivity contribution in [2.24, 2.45) is 5.73 Å². The average molecular weight is 1310 g/mol. The SMILES string of the molecule is NC1C(O)[C@H]2OC(CO)[C@H]1O[C@@H]1OC(CO)[C@@H](O[C@@H]3OC(CO)[C@@H](O[C@@H]4OC(CO)[C@@H](O[C@@H]5OC(CO)[C@@H](O[C@@H]6OC(CO)[C@@H](O[C@@H]7OC(CO)[C@@H](O[C@@H]8OC(CO)[C@@H](O2)C(O)C8O)C(O)C7O)C(O)C6O)C(O)C5O)C(O)C4O)C(O)C3O)C(O)C1O.O. The standard InChI is InChI=1S/C48H81NO39.H2O/c49-17-18(58)41-73-9(1-50)33(17)81-42-26(66)19(59)35(11(3-52)74-42)83-44-28(68)21(61)37(13(5-54)76-44)85-46-30(70)23(63)39(15(7-56)78-46)87-48-32(72)25(65)40(16(8-57)80-48)88-47-31(71)24(64)38(14(6-55)79-47)86-45-29(69)22(62)36(12(4-53)77-45)84-43-27(67)20(60)34(82-41)10(2-51)75-43;/h9-48,50-72H,1-8,49H2;1H2/t9?,10?,11?,12?,13?,14?,15?,16?,17?,18?,19?,20?,21?,22?,23?,24?,25?,26?,27?,28?,29?,30?,31?,32?,33-,34-,35-,36-,37-,38-,39-,40-,41+,42+,43+,44+,45+,46+,47+,48+;/m1./s1. The van der Waals surface area contributed by atoms with Crippen LogP contribution in [-0.4, -0.2) is 421 Å². The van der Waals surface area contributed by atoms with Gasteiger partial charge < -0.3 is 204 Å². The van der Waals surface area contributed by atoms with Gasteiger partial charge >= 0.3 is 0 Å². The number of nitrogens with two attached hydrogens (primary N) is 1. The van der Waals surface area contributed by atoms with Gasteiger partial charge in [-0.15, -0.1) is 0 Å². The van der Waals surface area contributed by atoms with Crippen molar-refractivity contribution in [1.29, 1.82) is 0 Å². The second-order valence-electron chi connectivity index (χ2n) is 22.5. The second-order valence-corrected chi connectivity index (χ2v) is 22.5. The van der Waals surface area contributed by atoms with Crippen LogP contribution in [0.3, 0.4) is 0 Å². The predicted molar refractivity (Wildman–Crippen MR) is 267 cm³/mol. The number of hydrogen-bond donors (Lipinski definition) is 24. The van der Waals surface area contributed by atoms with Crippen molar-refractivity contribution in [3.05, 3.63) is 0 Å². The lowest BCUT2D eigenvalue weighted by atomic mass is 9.94. The van der Waals surface area contributed by atoms with E-state index in [2.05, 4.69) is 0 Å². The molecule has 0 aromatic rings. The summed E-state index contributed by atoms with van der Waals surface area (Å²) in [6.07, 6.45) is -78.4. The van der Waals surface area contributed by atoms with E-state index in [-0.39, 0.29) is 5.48 Å². The van der Waals surface area contributed by atoms with E-state index in [0.29, 0.717) is 0 Å². The van der Waals surface area contributed by atoms with Crippen molar-refractivity contribution in [2.45, 2.75) is 246 Å². The predicted octanol–water partition coefficient (Wildman–Crippen LogP) is -18.3. The van der Waals surface area contributed by atoms with Gasteiger partial charge in [0.2, 0.25) is 0 Å². The number of rotatable bonds is 8. The van der Waals surface area contributed by atoms with Crippen LogP contribution in [0.15, 0.2) is 0 Å². The molecule has 89 heavy (non-hydrogen) atoms. The van der Waals surface area contributed by atoms with Crippen LogP contribution in [0.1, 0.15) is 0 Å². The number of ether oxygens (including phenoxy) is 16. The highest BCUT2D eigenvalue weighted by molar-refractivity contribution is 5.03. The molecule has 0 aromatic carbocycles. The summed E-state index contributed by atoms with van der Waals surface area (Å²) in [6.45, 7) is -8.46. The molecule has 0 aromatic heterocycles. The van der Waals surface area contributed by atoms with Crippen molar-refractivity contribution >= 4 is 0 Å². The number of aliphatic hydroxyl groups is 23. The minimum Gasteiger partial charge on any atom is -0.412 e. The van der Waals surface area contributed by atoms with Crippen LogP contribution in [0.4, 0.5) is 0 Å². The van der Waals surface area contributed by atoms with Gasteiger partial charge in [-0.2, -0.15) is 0 Å². The largest absolute Gasteiger partial charge is 0.412 e. The monoisotopic (exact) mass is 1310 g/mol. The van der Waals surface area contributed by atoms with Crippen LogP contribution in [0, 0.1) is 0 Å². The van der Waals surface area contributed by atoms with Crippen LogP contribution in [0.5, 0.6) is 0 Å². The van der Waals surface area contributed by atoms with Gasteiger partial charge in [0, 0.05) is 0 Å². The van der Waals surface area contributed by atoms with Crippen LogP contribution < -0.4 is 5.73 Å². The highest BCUT2D eigenvalue weighted by atomic mass is 16.8. The molecule has 30 aliphatic heterocycles. The van der Waals surface area contributed by atoms with Crippen molar-refractivity contribution in [2.75, 3.05) is 52.9 Å². The van der Waals surface area contributed by atoms with Gasteiger partial charge in [-0.25, -0.2) is 0 Å². The van der Waals surface area contributed by atoms with Crippen LogP contribution >= 0.6 is 0 Å². The van der Waals surface area contributed by atoms with Gasteiger partial charge in [-0.3, -0.25) is 0 Å². The Kier molecular flexibility index (Phi) is 25.5. The maximum atomic E-state index is 11.4. The molecule has 0 amide bonds. The first-order valence-electron chi connectivity index (χ1n) is 28.2. The van der Waals surface area contributed by atoms with E-state index in [0.717, 1.165) is 0 Å².